The molecule has 0 aromatic carbocycles. The summed E-state index contributed by atoms with van der Waals surface area (Å²) in [5, 5.41) is 12.2. The fraction of sp³-hybridized carbons (Fsp3) is 1.00. The minimum Gasteiger partial charge on any atom is -0.396 e. The highest BCUT2D eigenvalue weighted by Gasteiger charge is 2.19. The molecule has 1 rings (SSSR count). The highest BCUT2D eigenvalue weighted by molar-refractivity contribution is 4.77. The average Bonchev–Trinajstić information content (AvgIpc) is 2.06. The Morgan fingerprint density at radius 3 is 2.92 bits per heavy atom. The summed E-state index contributed by atoms with van der Waals surface area (Å²) in [5.41, 5.74) is 0. The lowest BCUT2D eigenvalue weighted by Gasteiger charge is -2.29. The molecule has 1 fully saturated rings. The van der Waals surface area contributed by atoms with Crippen molar-refractivity contribution in [2.24, 2.45) is 5.92 Å². The average molecular weight is 171 g/mol. The van der Waals surface area contributed by atoms with Gasteiger partial charge >= 0.3 is 0 Å². The van der Waals surface area contributed by atoms with Crippen LogP contribution in [-0.4, -0.2) is 24.3 Å². The minimum atomic E-state index is 0.330. The van der Waals surface area contributed by atoms with Crippen LogP contribution in [0.25, 0.3) is 0 Å². The second kappa shape index (κ2) is 5.55. The standard InChI is InChI=1S/C10H21NO/c1-2-3-9-4-6-11-10(8-9)5-7-12/h9-12H,2-8H2,1H3. The van der Waals surface area contributed by atoms with Crippen LogP contribution in [-0.2, 0) is 0 Å². The molecule has 0 amide bonds. The zero-order valence-corrected chi connectivity index (χ0v) is 8.05. The van der Waals surface area contributed by atoms with Crippen LogP contribution in [0, 0.1) is 5.92 Å². The summed E-state index contributed by atoms with van der Waals surface area (Å²) in [5.74, 6) is 0.910. The van der Waals surface area contributed by atoms with E-state index in [0.717, 1.165) is 18.9 Å². The summed E-state index contributed by atoms with van der Waals surface area (Å²) in [7, 11) is 0. The van der Waals surface area contributed by atoms with Crippen molar-refractivity contribution in [1.82, 2.24) is 5.32 Å². The van der Waals surface area contributed by atoms with Gasteiger partial charge in [-0.3, -0.25) is 0 Å². The third kappa shape index (κ3) is 3.11. The molecule has 0 saturated carbocycles. The fourth-order valence-electron chi connectivity index (χ4n) is 2.14. The number of hydrogen-bond acceptors (Lipinski definition) is 2. The summed E-state index contributed by atoms with van der Waals surface area (Å²) in [6.45, 7) is 3.73. The third-order valence-electron chi connectivity index (χ3n) is 2.78. The van der Waals surface area contributed by atoms with E-state index in [4.69, 9.17) is 5.11 Å². The molecule has 0 aromatic rings. The second-order valence-corrected chi connectivity index (χ2v) is 3.84. The van der Waals surface area contributed by atoms with Gasteiger partial charge in [0.15, 0.2) is 0 Å². The Hall–Kier alpha value is -0.0800. The van der Waals surface area contributed by atoms with Gasteiger partial charge in [0.2, 0.25) is 0 Å². The molecule has 2 nitrogen and oxygen atoms in total. The molecule has 72 valence electrons. The van der Waals surface area contributed by atoms with Gasteiger partial charge in [-0.2, -0.15) is 0 Å². The van der Waals surface area contributed by atoms with Gasteiger partial charge < -0.3 is 10.4 Å². The van der Waals surface area contributed by atoms with E-state index < -0.39 is 0 Å². The van der Waals surface area contributed by atoms with Gasteiger partial charge in [0, 0.05) is 12.6 Å². The predicted molar refractivity (Wildman–Crippen MR) is 51.1 cm³/mol. The summed E-state index contributed by atoms with van der Waals surface area (Å²) in [6.07, 6.45) is 6.20. The zero-order valence-electron chi connectivity index (χ0n) is 8.05. The SMILES string of the molecule is CCCC1CCNC(CCO)C1. The quantitative estimate of drug-likeness (QED) is 0.672. The van der Waals surface area contributed by atoms with E-state index in [-0.39, 0.29) is 0 Å². The Labute approximate surface area is 75.4 Å². The first-order valence-electron chi connectivity index (χ1n) is 5.21. The topological polar surface area (TPSA) is 32.3 Å². The van der Waals surface area contributed by atoms with Crippen molar-refractivity contribution in [3.05, 3.63) is 0 Å². The molecule has 0 aliphatic carbocycles. The maximum atomic E-state index is 8.79. The van der Waals surface area contributed by atoms with Crippen LogP contribution in [0.15, 0.2) is 0 Å². The van der Waals surface area contributed by atoms with Crippen molar-refractivity contribution in [1.29, 1.82) is 0 Å². The van der Waals surface area contributed by atoms with E-state index in [1.165, 1.54) is 25.7 Å². The van der Waals surface area contributed by atoms with Gasteiger partial charge in [-0.05, 0) is 31.7 Å². The van der Waals surface area contributed by atoms with Crippen LogP contribution >= 0.6 is 0 Å². The van der Waals surface area contributed by atoms with Crippen molar-refractivity contribution in [3.8, 4) is 0 Å². The van der Waals surface area contributed by atoms with E-state index >= 15 is 0 Å². The zero-order chi connectivity index (χ0) is 8.81. The second-order valence-electron chi connectivity index (χ2n) is 3.84. The van der Waals surface area contributed by atoms with Crippen molar-refractivity contribution >= 4 is 0 Å². The molecule has 1 saturated heterocycles. The molecule has 12 heavy (non-hydrogen) atoms. The van der Waals surface area contributed by atoms with E-state index in [1.54, 1.807) is 0 Å². The maximum absolute atomic E-state index is 8.79. The van der Waals surface area contributed by atoms with Gasteiger partial charge in [0.25, 0.3) is 0 Å². The first-order valence-corrected chi connectivity index (χ1v) is 5.21. The normalized spacial score (nSPS) is 30.5. The van der Waals surface area contributed by atoms with Crippen LogP contribution in [0.4, 0.5) is 0 Å². The summed E-state index contributed by atoms with van der Waals surface area (Å²) >= 11 is 0. The summed E-state index contributed by atoms with van der Waals surface area (Å²) in [6, 6.07) is 0.584. The van der Waals surface area contributed by atoms with Crippen LogP contribution < -0.4 is 5.32 Å². The minimum absolute atomic E-state index is 0.330. The molecular formula is C10H21NO. The van der Waals surface area contributed by atoms with E-state index in [1.807, 2.05) is 0 Å². The number of rotatable bonds is 4. The molecule has 0 radical (unpaired) electrons. The predicted octanol–water partition coefficient (Wildman–Crippen LogP) is 1.54. The lowest BCUT2D eigenvalue weighted by Crippen LogP contribution is -2.38. The summed E-state index contributed by atoms with van der Waals surface area (Å²) in [4.78, 5) is 0. The number of piperidine rings is 1. The van der Waals surface area contributed by atoms with Gasteiger partial charge in [-0.15, -0.1) is 0 Å². The van der Waals surface area contributed by atoms with Crippen molar-refractivity contribution in [2.75, 3.05) is 13.2 Å². The Bertz CT molecular complexity index is 100. The fourth-order valence-corrected chi connectivity index (χ4v) is 2.14. The van der Waals surface area contributed by atoms with Crippen LogP contribution in [0.5, 0.6) is 0 Å². The number of aliphatic hydroxyl groups is 1. The number of nitrogens with one attached hydrogen (secondary N) is 1. The number of hydrogen-bond donors (Lipinski definition) is 2. The number of aliphatic hydroxyl groups excluding tert-OH is 1. The molecule has 1 aliphatic heterocycles. The summed E-state index contributed by atoms with van der Waals surface area (Å²) < 4.78 is 0. The van der Waals surface area contributed by atoms with E-state index in [0.29, 0.717) is 12.6 Å². The Balaban J connectivity index is 2.20. The lowest BCUT2D eigenvalue weighted by atomic mass is 9.88. The Morgan fingerprint density at radius 1 is 1.42 bits per heavy atom. The Morgan fingerprint density at radius 2 is 2.25 bits per heavy atom. The smallest absolute Gasteiger partial charge is 0.0445 e. The van der Waals surface area contributed by atoms with E-state index in [2.05, 4.69) is 12.2 Å². The molecule has 0 bridgehead atoms. The van der Waals surface area contributed by atoms with Crippen LogP contribution in [0.2, 0.25) is 0 Å². The van der Waals surface area contributed by atoms with E-state index in [9.17, 15) is 0 Å². The highest BCUT2D eigenvalue weighted by atomic mass is 16.3. The molecular weight excluding hydrogens is 150 g/mol. The first kappa shape index (κ1) is 10.0. The molecule has 0 aromatic heterocycles. The van der Waals surface area contributed by atoms with Crippen LogP contribution in [0.1, 0.15) is 39.0 Å². The van der Waals surface area contributed by atoms with Gasteiger partial charge in [-0.1, -0.05) is 19.8 Å². The monoisotopic (exact) mass is 171 g/mol. The van der Waals surface area contributed by atoms with Gasteiger partial charge in [0.05, 0.1) is 0 Å². The van der Waals surface area contributed by atoms with Crippen molar-refractivity contribution < 1.29 is 5.11 Å². The van der Waals surface area contributed by atoms with Gasteiger partial charge in [0.1, 0.15) is 0 Å². The molecule has 1 aliphatic rings. The van der Waals surface area contributed by atoms with Crippen LogP contribution in [0.3, 0.4) is 0 Å². The molecule has 2 heteroatoms. The molecule has 2 unspecified atom stereocenters. The molecule has 2 atom stereocenters. The Kier molecular flexibility index (Phi) is 4.62. The lowest BCUT2D eigenvalue weighted by molar-refractivity contribution is 0.221. The third-order valence-corrected chi connectivity index (χ3v) is 2.78. The largest absolute Gasteiger partial charge is 0.396 e. The first-order chi connectivity index (χ1) is 5.86. The van der Waals surface area contributed by atoms with Crippen molar-refractivity contribution in [2.45, 2.75) is 45.1 Å². The maximum Gasteiger partial charge on any atom is 0.0445 e. The van der Waals surface area contributed by atoms with Gasteiger partial charge in [-0.25, -0.2) is 0 Å². The van der Waals surface area contributed by atoms with Crippen molar-refractivity contribution in [3.63, 3.8) is 0 Å². The molecule has 0 spiro atoms. The highest BCUT2D eigenvalue weighted by Crippen LogP contribution is 2.22. The molecule has 2 N–H and O–H groups in total. The molecule has 1 heterocycles.